The zero-order valence-corrected chi connectivity index (χ0v) is 21.7. The highest BCUT2D eigenvalue weighted by Crippen LogP contribution is 2.38. The fraction of sp³-hybridized carbons (Fsp3) is 0.188. The summed E-state index contributed by atoms with van der Waals surface area (Å²) in [5.41, 5.74) is 3.83. The van der Waals surface area contributed by atoms with Gasteiger partial charge in [0, 0.05) is 24.4 Å². The number of aryl methyl sites for hydroxylation is 1. The van der Waals surface area contributed by atoms with E-state index in [1.807, 2.05) is 79.7 Å². The summed E-state index contributed by atoms with van der Waals surface area (Å²) in [4.78, 5) is 28.8. The van der Waals surface area contributed by atoms with E-state index in [1.54, 1.807) is 15.8 Å². The lowest BCUT2D eigenvalue weighted by Crippen LogP contribution is -2.55. The van der Waals surface area contributed by atoms with Crippen molar-refractivity contribution in [3.63, 3.8) is 0 Å². The average molecular weight is 520 g/mol. The van der Waals surface area contributed by atoms with Crippen LogP contribution < -0.4 is 19.9 Å². The molecule has 196 valence electrons. The number of ether oxygens (including phenoxy) is 2. The molecule has 0 spiro atoms. The van der Waals surface area contributed by atoms with E-state index < -0.39 is 0 Å². The van der Waals surface area contributed by atoms with E-state index in [-0.39, 0.29) is 35.4 Å². The summed E-state index contributed by atoms with van der Waals surface area (Å²) in [5, 5.41) is 2.10. The molecule has 39 heavy (non-hydrogen) atoms. The van der Waals surface area contributed by atoms with E-state index in [0.717, 1.165) is 28.0 Å². The summed E-state index contributed by atoms with van der Waals surface area (Å²) >= 11 is 0. The summed E-state index contributed by atoms with van der Waals surface area (Å²) in [6.07, 6.45) is 5.53. The number of pyridine rings is 1. The number of rotatable bonds is 4. The van der Waals surface area contributed by atoms with E-state index in [9.17, 15) is 9.59 Å². The molecule has 3 aromatic carbocycles. The van der Waals surface area contributed by atoms with Crippen LogP contribution in [0.2, 0.25) is 0 Å². The third-order valence-corrected chi connectivity index (χ3v) is 7.11. The van der Waals surface area contributed by atoms with Crippen LogP contribution in [0.15, 0.2) is 108 Å². The first-order valence-corrected chi connectivity index (χ1v) is 13.0. The molecular formula is C32H29N3O4. The van der Waals surface area contributed by atoms with Gasteiger partial charge in [0.15, 0.2) is 11.4 Å². The molecule has 0 saturated carbocycles. The summed E-state index contributed by atoms with van der Waals surface area (Å²) in [6.45, 7) is 3.29. The van der Waals surface area contributed by atoms with Crippen LogP contribution in [0, 0.1) is 6.92 Å². The lowest BCUT2D eigenvalue weighted by molar-refractivity contribution is 0.0698. The normalized spacial score (nSPS) is 17.4. The number of nitrogens with zero attached hydrogens (tertiary/aromatic N) is 3. The molecule has 2 bridgehead atoms. The van der Waals surface area contributed by atoms with Gasteiger partial charge in [-0.1, -0.05) is 84.9 Å². The number of carbonyl (C=O) groups excluding carboxylic acids is 1. The third-order valence-electron chi connectivity index (χ3n) is 7.11. The van der Waals surface area contributed by atoms with Crippen molar-refractivity contribution in [1.29, 1.82) is 0 Å². The third kappa shape index (κ3) is 4.68. The van der Waals surface area contributed by atoms with Gasteiger partial charge in [-0.3, -0.25) is 19.3 Å². The average Bonchev–Trinajstić information content (AvgIpc) is 2.99. The quantitative estimate of drug-likeness (QED) is 0.362. The Hall–Kier alpha value is -4.78. The molecule has 2 aliphatic heterocycles. The Kier molecular flexibility index (Phi) is 6.63. The molecule has 2 aliphatic rings. The molecular weight excluding hydrogens is 490 g/mol. The molecule has 0 radical (unpaired) electrons. The number of hydrogen-bond acceptors (Lipinski definition) is 5. The van der Waals surface area contributed by atoms with Gasteiger partial charge in [0.05, 0.1) is 0 Å². The molecule has 0 fully saturated rings. The molecule has 1 atom stereocenters. The molecule has 7 nitrogen and oxygen atoms in total. The molecule has 1 unspecified atom stereocenters. The van der Waals surface area contributed by atoms with Gasteiger partial charge >= 0.3 is 0 Å². The first-order chi connectivity index (χ1) is 19.1. The van der Waals surface area contributed by atoms with Crippen molar-refractivity contribution < 1.29 is 14.3 Å². The van der Waals surface area contributed by atoms with Crippen molar-refractivity contribution in [2.45, 2.75) is 19.6 Å². The van der Waals surface area contributed by atoms with E-state index >= 15 is 0 Å². The fourth-order valence-electron chi connectivity index (χ4n) is 5.23. The van der Waals surface area contributed by atoms with Gasteiger partial charge in [-0.15, -0.1) is 0 Å². The van der Waals surface area contributed by atoms with Crippen molar-refractivity contribution >= 4 is 5.91 Å². The van der Waals surface area contributed by atoms with E-state index in [4.69, 9.17) is 9.47 Å². The molecule has 0 saturated heterocycles. The van der Waals surface area contributed by atoms with Crippen molar-refractivity contribution in [2.75, 3.05) is 24.8 Å². The van der Waals surface area contributed by atoms with E-state index in [0.29, 0.717) is 19.8 Å². The molecule has 1 amide bonds. The number of fused-ring (bicyclic) bond motifs is 5. The second-order valence-corrected chi connectivity index (χ2v) is 9.67. The van der Waals surface area contributed by atoms with Gasteiger partial charge in [0.2, 0.25) is 5.43 Å². The lowest BCUT2D eigenvalue weighted by atomic mass is 9.95. The second kappa shape index (κ2) is 10.5. The zero-order chi connectivity index (χ0) is 26.8. The highest BCUT2D eigenvalue weighted by Gasteiger charge is 2.37. The summed E-state index contributed by atoms with van der Waals surface area (Å²) in [5.74, 6) is 0.602. The van der Waals surface area contributed by atoms with Gasteiger partial charge in [-0.05, 0) is 29.7 Å². The van der Waals surface area contributed by atoms with Crippen LogP contribution in [0.25, 0.3) is 0 Å². The Balaban J connectivity index is 1.55. The van der Waals surface area contributed by atoms with Gasteiger partial charge in [-0.2, -0.15) is 0 Å². The molecule has 6 rings (SSSR count). The minimum atomic E-state index is -0.331. The van der Waals surface area contributed by atoms with Crippen LogP contribution in [0.1, 0.15) is 38.8 Å². The topological polar surface area (TPSA) is 64.0 Å². The molecule has 3 heterocycles. The maximum absolute atomic E-state index is 13.9. The SMILES string of the molecule is Cc1cccc2c1OC/C=C\CN1CN(C2c2ccccc2)n2ccc(=O)c(OCc3ccccc3)c2C1=O. The monoisotopic (exact) mass is 519 g/mol. The van der Waals surface area contributed by atoms with Crippen LogP contribution in [-0.2, 0) is 6.61 Å². The first kappa shape index (κ1) is 24.6. The second-order valence-electron chi connectivity index (χ2n) is 9.67. The van der Waals surface area contributed by atoms with Crippen molar-refractivity contribution in [3.8, 4) is 11.5 Å². The van der Waals surface area contributed by atoms with Crippen molar-refractivity contribution in [2.24, 2.45) is 0 Å². The number of aromatic nitrogens is 1. The van der Waals surface area contributed by atoms with Gasteiger partial charge in [0.25, 0.3) is 5.91 Å². The number of benzene rings is 3. The largest absolute Gasteiger partial charge is 0.489 e. The van der Waals surface area contributed by atoms with Gasteiger partial charge in [-0.25, -0.2) is 0 Å². The van der Waals surface area contributed by atoms with E-state index in [2.05, 4.69) is 23.2 Å². The summed E-state index contributed by atoms with van der Waals surface area (Å²) in [7, 11) is 0. The van der Waals surface area contributed by atoms with Crippen LogP contribution in [0.5, 0.6) is 11.5 Å². The smallest absolute Gasteiger partial charge is 0.278 e. The maximum Gasteiger partial charge on any atom is 0.278 e. The van der Waals surface area contributed by atoms with E-state index in [1.165, 1.54) is 6.07 Å². The Labute approximate surface area is 227 Å². The molecule has 1 aromatic heterocycles. The van der Waals surface area contributed by atoms with Crippen LogP contribution >= 0.6 is 0 Å². The highest BCUT2D eigenvalue weighted by atomic mass is 16.5. The Morgan fingerprint density at radius 3 is 2.46 bits per heavy atom. The first-order valence-electron chi connectivity index (χ1n) is 13.0. The van der Waals surface area contributed by atoms with Crippen LogP contribution in [-0.4, -0.2) is 35.3 Å². The summed E-state index contributed by atoms with van der Waals surface area (Å²) in [6, 6.07) is 27.0. The summed E-state index contributed by atoms with van der Waals surface area (Å²) < 4.78 is 14.2. The predicted molar refractivity (Wildman–Crippen MR) is 150 cm³/mol. The fourth-order valence-corrected chi connectivity index (χ4v) is 5.23. The lowest BCUT2D eigenvalue weighted by Gasteiger charge is -2.44. The minimum absolute atomic E-state index is 0.0485. The number of para-hydroxylation sites is 1. The molecule has 0 N–H and O–H groups in total. The standard InChI is InChI=1S/C32H29N3O4/c1-23-11-10-16-26-28(25-14-6-3-7-15-25)35-22-33(18-8-9-20-38-30(23)26)32(37)29-31(27(36)17-19-34(29)35)39-21-24-12-4-2-5-13-24/h2-17,19,28H,18,20-22H2,1H3/b9-8-. The van der Waals surface area contributed by atoms with Crippen LogP contribution in [0.4, 0.5) is 0 Å². The Morgan fingerprint density at radius 1 is 0.897 bits per heavy atom. The zero-order valence-electron chi connectivity index (χ0n) is 21.7. The number of hydrogen-bond donors (Lipinski definition) is 0. The van der Waals surface area contributed by atoms with Gasteiger partial charge < -0.3 is 14.4 Å². The molecule has 0 aliphatic carbocycles. The minimum Gasteiger partial charge on any atom is -0.489 e. The molecule has 7 heteroatoms. The predicted octanol–water partition coefficient (Wildman–Crippen LogP) is 4.83. The number of carbonyl (C=O) groups is 1. The maximum atomic E-state index is 13.9. The molecule has 4 aromatic rings. The van der Waals surface area contributed by atoms with Crippen LogP contribution in [0.3, 0.4) is 0 Å². The number of amides is 1. The van der Waals surface area contributed by atoms with Crippen molar-refractivity contribution in [3.05, 3.63) is 141 Å². The Morgan fingerprint density at radius 2 is 1.67 bits per heavy atom. The van der Waals surface area contributed by atoms with Gasteiger partial charge in [0.1, 0.15) is 31.7 Å². The Bertz CT molecular complexity index is 1580. The van der Waals surface area contributed by atoms with Crippen molar-refractivity contribution in [1.82, 2.24) is 9.58 Å². The highest BCUT2D eigenvalue weighted by molar-refractivity contribution is 5.96.